The topological polar surface area (TPSA) is 72.8 Å². The SMILES string of the molecule is CCCCCC(C)(C)c1cc(OC(=O)/C=C/C(=O)O)c2c(c1)OC1CCCCCC21. The minimum absolute atomic E-state index is 0.0731. The first-order valence-corrected chi connectivity index (χ1v) is 11.3. The molecule has 2 unspecified atom stereocenters. The van der Waals surface area contributed by atoms with E-state index in [0.717, 1.165) is 67.6 Å². The van der Waals surface area contributed by atoms with Gasteiger partial charge in [-0.15, -0.1) is 0 Å². The smallest absolute Gasteiger partial charge is 0.336 e. The summed E-state index contributed by atoms with van der Waals surface area (Å²) in [5.74, 6) is -0.253. The Kier molecular flexibility index (Phi) is 7.22. The molecule has 2 aliphatic rings. The number of unbranched alkanes of at least 4 members (excludes halogenated alkanes) is 2. The molecule has 164 valence electrons. The van der Waals surface area contributed by atoms with Crippen molar-refractivity contribution in [2.75, 3.05) is 0 Å². The lowest BCUT2D eigenvalue weighted by Gasteiger charge is -2.27. The van der Waals surface area contributed by atoms with Gasteiger partial charge in [0.2, 0.25) is 0 Å². The molecule has 2 atom stereocenters. The summed E-state index contributed by atoms with van der Waals surface area (Å²) in [6, 6.07) is 4.12. The second-order valence-electron chi connectivity index (χ2n) is 9.22. The van der Waals surface area contributed by atoms with Crippen molar-refractivity contribution in [3.63, 3.8) is 0 Å². The number of carboxylic acid groups (broad SMARTS) is 1. The van der Waals surface area contributed by atoms with Crippen molar-refractivity contribution in [1.82, 2.24) is 0 Å². The van der Waals surface area contributed by atoms with E-state index in [1.165, 1.54) is 19.3 Å². The molecule has 1 aliphatic heterocycles. The lowest BCUT2D eigenvalue weighted by atomic mass is 9.78. The van der Waals surface area contributed by atoms with Crippen molar-refractivity contribution in [3.05, 3.63) is 35.4 Å². The number of carbonyl (C=O) groups excluding carboxylic acids is 1. The van der Waals surface area contributed by atoms with Crippen LogP contribution in [-0.4, -0.2) is 23.1 Å². The minimum Gasteiger partial charge on any atom is -0.489 e. The van der Waals surface area contributed by atoms with Crippen LogP contribution in [-0.2, 0) is 15.0 Å². The first kappa shape index (κ1) is 22.4. The van der Waals surface area contributed by atoms with Crippen LogP contribution in [0.4, 0.5) is 0 Å². The van der Waals surface area contributed by atoms with Gasteiger partial charge in [-0.05, 0) is 48.8 Å². The molecular weight excluding hydrogens is 380 g/mol. The van der Waals surface area contributed by atoms with E-state index in [0.29, 0.717) is 5.75 Å². The van der Waals surface area contributed by atoms with E-state index < -0.39 is 11.9 Å². The Balaban J connectivity index is 1.96. The van der Waals surface area contributed by atoms with E-state index in [2.05, 4.69) is 26.8 Å². The highest BCUT2D eigenvalue weighted by atomic mass is 16.5. The van der Waals surface area contributed by atoms with Gasteiger partial charge < -0.3 is 14.6 Å². The lowest BCUT2D eigenvalue weighted by molar-refractivity contribution is -0.133. The predicted molar refractivity (Wildman–Crippen MR) is 116 cm³/mol. The number of hydrogen-bond donors (Lipinski definition) is 1. The van der Waals surface area contributed by atoms with Crippen LogP contribution in [0.15, 0.2) is 24.3 Å². The highest BCUT2D eigenvalue weighted by molar-refractivity contribution is 5.92. The number of benzene rings is 1. The summed E-state index contributed by atoms with van der Waals surface area (Å²) in [4.78, 5) is 23.1. The van der Waals surface area contributed by atoms with Crippen molar-refractivity contribution in [2.45, 2.75) is 96.0 Å². The van der Waals surface area contributed by atoms with Crippen LogP contribution in [0.25, 0.3) is 0 Å². The molecule has 3 rings (SSSR count). The highest BCUT2D eigenvalue weighted by Crippen LogP contribution is 2.51. The van der Waals surface area contributed by atoms with E-state index >= 15 is 0 Å². The molecule has 0 aromatic heterocycles. The molecule has 1 saturated carbocycles. The molecule has 1 aliphatic carbocycles. The number of rotatable bonds is 8. The van der Waals surface area contributed by atoms with E-state index in [4.69, 9.17) is 14.6 Å². The summed E-state index contributed by atoms with van der Waals surface area (Å²) in [5, 5.41) is 8.81. The number of hydrogen-bond acceptors (Lipinski definition) is 4. The van der Waals surface area contributed by atoms with Crippen LogP contribution < -0.4 is 9.47 Å². The third kappa shape index (κ3) is 5.24. The van der Waals surface area contributed by atoms with Gasteiger partial charge in [-0.25, -0.2) is 9.59 Å². The van der Waals surface area contributed by atoms with Crippen molar-refractivity contribution in [3.8, 4) is 11.5 Å². The van der Waals surface area contributed by atoms with Gasteiger partial charge in [-0.1, -0.05) is 52.9 Å². The summed E-state index contributed by atoms with van der Waals surface area (Å²) in [6.07, 6.45) is 12.0. The average molecular weight is 415 g/mol. The Morgan fingerprint density at radius 2 is 1.93 bits per heavy atom. The van der Waals surface area contributed by atoms with Gasteiger partial charge >= 0.3 is 11.9 Å². The molecular formula is C25H34O5. The summed E-state index contributed by atoms with van der Waals surface area (Å²) in [7, 11) is 0. The van der Waals surface area contributed by atoms with Gasteiger partial charge in [0.25, 0.3) is 0 Å². The monoisotopic (exact) mass is 414 g/mol. The van der Waals surface area contributed by atoms with E-state index in [1.807, 2.05) is 6.07 Å². The molecule has 0 amide bonds. The van der Waals surface area contributed by atoms with Crippen LogP contribution in [0.3, 0.4) is 0 Å². The largest absolute Gasteiger partial charge is 0.489 e. The van der Waals surface area contributed by atoms with Gasteiger partial charge in [-0.2, -0.15) is 0 Å². The zero-order chi connectivity index (χ0) is 21.7. The molecule has 0 spiro atoms. The summed E-state index contributed by atoms with van der Waals surface area (Å²) in [5.41, 5.74) is 2.00. The predicted octanol–water partition coefficient (Wildman–Crippen LogP) is 5.90. The van der Waals surface area contributed by atoms with E-state index in [-0.39, 0.29) is 17.4 Å². The van der Waals surface area contributed by atoms with Gasteiger partial charge in [0.15, 0.2) is 0 Å². The zero-order valence-electron chi connectivity index (χ0n) is 18.4. The summed E-state index contributed by atoms with van der Waals surface area (Å²) in [6.45, 7) is 6.63. The van der Waals surface area contributed by atoms with Crippen molar-refractivity contribution in [1.29, 1.82) is 0 Å². The van der Waals surface area contributed by atoms with Gasteiger partial charge in [-0.3, -0.25) is 0 Å². The maximum Gasteiger partial charge on any atom is 0.336 e. The number of fused-ring (bicyclic) bond motifs is 3. The standard InChI is InChI=1S/C25H34O5/c1-4-5-9-14-25(2,3)17-15-20-24(18-10-7-6-8-11-19(18)29-20)21(16-17)30-23(28)13-12-22(26)27/h12-13,15-16,18-19H,4-11,14H2,1-3H3,(H,26,27)/b13-12+. The normalized spacial score (nSPS) is 20.9. The fraction of sp³-hybridized carbons (Fsp3) is 0.600. The quantitative estimate of drug-likeness (QED) is 0.248. The molecule has 1 aromatic carbocycles. The fourth-order valence-electron chi connectivity index (χ4n) is 4.69. The molecule has 5 heteroatoms. The molecule has 1 aromatic rings. The molecule has 0 saturated heterocycles. The third-order valence-corrected chi connectivity index (χ3v) is 6.47. The molecule has 30 heavy (non-hydrogen) atoms. The molecule has 5 nitrogen and oxygen atoms in total. The van der Waals surface area contributed by atoms with Crippen LogP contribution in [0, 0.1) is 0 Å². The Labute approximate surface area is 179 Å². The first-order valence-electron chi connectivity index (χ1n) is 11.3. The molecule has 1 heterocycles. The Morgan fingerprint density at radius 3 is 2.67 bits per heavy atom. The number of carbonyl (C=O) groups is 2. The Bertz CT molecular complexity index is 808. The third-order valence-electron chi connectivity index (χ3n) is 6.47. The maximum absolute atomic E-state index is 12.3. The summed E-state index contributed by atoms with van der Waals surface area (Å²) >= 11 is 0. The minimum atomic E-state index is -1.17. The second kappa shape index (κ2) is 9.67. The second-order valence-corrected chi connectivity index (χ2v) is 9.22. The Morgan fingerprint density at radius 1 is 1.17 bits per heavy atom. The maximum atomic E-state index is 12.3. The van der Waals surface area contributed by atoms with E-state index in [9.17, 15) is 9.59 Å². The molecule has 1 N–H and O–H groups in total. The van der Waals surface area contributed by atoms with Gasteiger partial charge in [0, 0.05) is 23.6 Å². The lowest BCUT2D eigenvalue weighted by Crippen LogP contribution is -2.18. The molecule has 0 bridgehead atoms. The van der Waals surface area contributed by atoms with Crippen LogP contribution in [0.1, 0.15) is 95.6 Å². The Hall–Kier alpha value is -2.30. The van der Waals surface area contributed by atoms with Gasteiger partial charge in [0.05, 0.1) is 0 Å². The van der Waals surface area contributed by atoms with E-state index in [1.54, 1.807) is 0 Å². The fourth-order valence-corrected chi connectivity index (χ4v) is 4.69. The number of ether oxygens (including phenoxy) is 2. The van der Waals surface area contributed by atoms with Crippen LogP contribution in [0.5, 0.6) is 11.5 Å². The number of carboxylic acids is 1. The van der Waals surface area contributed by atoms with Crippen molar-refractivity contribution >= 4 is 11.9 Å². The molecule has 1 fully saturated rings. The zero-order valence-corrected chi connectivity index (χ0v) is 18.4. The van der Waals surface area contributed by atoms with Crippen molar-refractivity contribution in [2.24, 2.45) is 0 Å². The first-order chi connectivity index (χ1) is 14.3. The van der Waals surface area contributed by atoms with Gasteiger partial charge in [0.1, 0.15) is 17.6 Å². The number of aliphatic carboxylic acids is 1. The van der Waals surface area contributed by atoms with Crippen LogP contribution in [0.2, 0.25) is 0 Å². The molecule has 0 radical (unpaired) electrons. The van der Waals surface area contributed by atoms with Crippen molar-refractivity contribution < 1.29 is 24.2 Å². The summed E-state index contributed by atoms with van der Waals surface area (Å²) < 4.78 is 12.1. The average Bonchev–Trinajstić information content (AvgIpc) is 2.88. The number of esters is 1. The highest BCUT2D eigenvalue weighted by Gasteiger charge is 2.39. The van der Waals surface area contributed by atoms with Crippen LogP contribution >= 0.6 is 0 Å².